The first-order valence-corrected chi connectivity index (χ1v) is 15.7. The summed E-state index contributed by atoms with van der Waals surface area (Å²) in [6.45, 7) is -0.637. The number of fused-ring (bicyclic) bond motifs is 1. The predicted molar refractivity (Wildman–Crippen MR) is 169 cm³/mol. The highest BCUT2D eigenvalue weighted by atomic mass is 35.5. The molecule has 2 amide bonds. The zero-order valence-electron chi connectivity index (χ0n) is 23.0. The molecule has 2 aliphatic rings. The number of ether oxygens (including phenoxy) is 1. The number of benzene rings is 1. The van der Waals surface area contributed by atoms with Crippen LogP contribution in [0.4, 0.5) is 10.8 Å². The van der Waals surface area contributed by atoms with Gasteiger partial charge in [0, 0.05) is 23.3 Å². The normalized spacial score (nSPS) is 17.6. The molecule has 2 aromatic rings. The van der Waals surface area contributed by atoms with Crippen molar-refractivity contribution >= 4 is 98.2 Å². The maximum Gasteiger partial charge on any atom is 0.352 e. The van der Waals surface area contributed by atoms with Crippen molar-refractivity contribution < 1.29 is 47.4 Å². The number of aliphatic carboxylic acids is 1. The first-order valence-electron chi connectivity index (χ1n) is 12.1. The Morgan fingerprint density at radius 1 is 1.27 bits per heavy atom. The van der Waals surface area contributed by atoms with Gasteiger partial charge < -0.3 is 36.6 Å². The highest BCUT2D eigenvalue weighted by molar-refractivity contribution is 8.00. The number of hydrogen-bond donors (Lipinski definition) is 6. The van der Waals surface area contributed by atoms with Crippen LogP contribution in [0.2, 0.25) is 0 Å². The second kappa shape index (κ2) is 15.5. The third-order valence-electron chi connectivity index (χ3n) is 5.96. The van der Waals surface area contributed by atoms with E-state index < -0.39 is 63.2 Å². The number of nitrogen functional groups attached to an aromatic ring is 1. The lowest BCUT2D eigenvalue weighted by Gasteiger charge is -2.49. The monoisotopic (exact) mass is 727 g/mol. The largest absolute Gasteiger partial charge is 0.506 e. The van der Waals surface area contributed by atoms with Crippen LogP contribution >= 0.6 is 47.9 Å². The van der Waals surface area contributed by atoms with E-state index in [0.29, 0.717) is 0 Å². The number of carboxylic acid groups (broad SMARTS) is 1. The van der Waals surface area contributed by atoms with Crippen molar-refractivity contribution in [2.24, 2.45) is 10.9 Å². The lowest BCUT2D eigenvalue weighted by molar-refractivity contribution is -0.150. The molecule has 1 aromatic carbocycles. The molecule has 17 nitrogen and oxygen atoms in total. The van der Waals surface area contributed by atoms with Gasteiger partial charge in [-0.2, -0.15) is 0 Å². The van der Waals surface area contributed by atoms with Crippen molar-refractivity contribution in [1.82, 2.24) is 15.2 Å². The number of rotatable bonds is 12. The molecule has 0 unspecified atom stereocenters. The standard InChI is InChI=1S/C23H25N7O10S3.2ClH/c1-39-28-15(13-9-42-23(25)26-13)18(32)27-16-19(33)30-17(21(34)35)11(8-41-20(16)30)7-40-22(36)10-2-3-12(14(31)6-10)29-43(37,38)5-4-24;;/h2-3,6,9,16,20,29,31H,4-5,7-8,24H2,1H3,(H2,25,26)(H,27,32)(H,34,35);2*1H/b28-15-;;/t16-,20-;;/m1../s1. The molecule has 1 fully saturated rings. The summed E-state index contributed by atoms with van der Waals surface area (Å²) in [4.78, 5) is 60.3. The fraction of sp³-hybridized carbons (Fsp3) is 0.304. The molecule has 1 aromatic heterocycles. The third kappa shape index (κ3) is 8.27. The number of thioether (sulfide) groups is 1. The van der Waals surface area contributed by atoms with Gasteiger partial charge in [-0.25, -0.2) is 23.0 Å². The van der Waals surface area contributed by atoms with E-state index in [9.17, 15) is 37.8 Å². The van der Waals surface area contributed by atoms with Crippen LogP contribution in [0, 0.1) is 0 Å². The van der Waals surface area contributed by atoms with Crippen molar-refractivity contribution in [3.63, 3.8) is 0 Å². The number of esters is 1. The molecule has 0 bridgehead atoms. The van der Waals surface area contributed by atoms with Crippen LogP contribution in [0.3, 0.4) is 0 Å². The lowest BCUT2D eigenvalue weighted by Crippen LogP contribution is -2.71. The topological polar surface area (TPSA) is 266 Å². The SMILES string of the molecule is CO/N=C(\C(=O)N[C@@H]1C(=O)N2C(C(=O)O)=C(COC(=O)c3ccc(NS(=O)(=O)CCN)c(O)c3)CS[C@H]12)c1csc(N)n1.Cl.Cl. The summed E-state index contributed by atoms with van der Waals surface area (Å²) in [5, 5.41) is 27.1. The number of β-lactam (4-membered cyclic amide) rings is 1. The van der Waals surface area contributed by atoms with E-state index in [1.54, 1.807) is 0 Å². The molecule has 8 N–H and O–H groups in total. The Morgan fingerprint density at radius 2 is 1.98 bits per heavy atom. The Balaban J connectivity index is 0.00000353. The molecule has 0 saturated carbocycles. The van der Waals surface area contributed by atoms with Crippen LogP contribution in [-0.2, 0) is 34.0 Å². The molecular weight excluding hydrogens is 701 g/mol. The van der Waals surface area contributed by atoms with Gasteiger partial charge in [-0.05, 0) is 18.2 Å². The summed E-state index contributed by atoms with van der Waals surface area (Å²) in [6, 6.07) is 2.25. The number of aromatic nitrogens is 1. The molecule has 0 aliphatic carbocycles. The van der Waals surface area contributed by atoms with E-state index in [1.807, 2.05) is 0 Å². The molecule has 0 radical (unpaired) electrons. The predicted octanol–water partition coefficient (Wildman–Crippen LogP) is -0.0790. The smallest absolute Gasteiger partial charge is 0.352 e. The Morgan fingerprint density at radius 3 is 2.56 bits per heavy atom. The summed E-state index contributed by atoms with van der Waals surface area (Å²) < 4.78 is 31.1. The number of thiazole rings is 1. The Bertz CT molecular complexity index is 1650. The van der Waals surface area contributed by atoms with Gasteiger partial charge in [-0.1, -0.05) is 5.16 Å². The fourth-order valence-electron chi connectivity index (χ4n) is 4.05. The Kier molecular flexibility index (Phi) is 12.8. The summed E-state index contributed by atoms with van der Waals surface area (Å²) in [7, 11) is -2.58. The van der Waals surface area contributed by atoms with Gasteiger partial charge in [0.2, 0.25) is 10.0 Å². The molecule has 45 heavy (non-hydrogen) atoms. The molecule has 22 heteroatoms. The fourth-order valence-corrected chi connectivity index (χ4v) is 6.85. The number of nitrogens with zero attached hydrogens (tertiary/aromatic N) is 3. The Labute approximate surface area is 276 Å². The molecule has 4 rings (SSSR count). The summed E-state index contributed by atoms with van der Waals surface area (Å²) in [5.41, 5.74) is 10.2. The van der Waals surface area contributed by atoms with Crippen LogP contribution in [0.15, 0.2) is 40.0 Å². The van der Waals surface area contributed by atoms with Gasteiger partial charge in [-0.15, -0.1) is 47.9 Å². The first-order chi connectivity index (χ1) is 20.4. The van der Waals surface area contributed by atoms with Gasteiger partial charge >= 0.3 is 11.9 Å². The van der Waals surface area contributed by atoms with Crippen molar-refractivity contribution in [3.05, 3.63) is 46.1 Å². The van der Waals surface area contributed by atoms with Crippen LogP contribution in [0.1, 0.15) is 16.1 Å². The van der Waals surface area contributed by atoms with Crippen molar-refractivity contribution in [2.45, 2.75) is 11.4 Å². The minimum atomic E-state index is -3.81. The van der Waals surface area contributed by atoms with Crippen LogP contribution in [-0.4, -0.2) is 101 Å². The molecule has 2 aliphatic heterocycles. The highest BCUT2D eigenvalue weighted by Gasteiger charge is 2.54. The molecule has 1 saturated heterocycles. The average molecular weight is 729 g/mol. The summed E-state index contributed by atoms with van der Waals surface area (Å²) in [6.07, 6.45) is 0. The highest BCUT2D eigenvalue weighted by Crippen LogP contribution is 2.40. The van der Waals surface area contributed by atoms with Gasteiger partial charge in [-0.3, -0.25) is 19.2 Å². The van der Waals surface area contributed by atoms with E-state index in [4.69, 9.17) is 21.0 Å². The van der Waals surface area contributed by atoms with E-state index in [2.05, 4.69) is 20.2 Å². The minimum absolute atomic E-state index is 0. The number of halogens is 2. The number of sulfonamides is 1. The van der Waals surface area contributed by atoms with E-state index in [0.717, 1.165) is 40.1 Å². The zero-order chi connectivity index (χ0) is 31.5. The number of carbonyl (C=O) groups excluding carboxylic acids is 3. The minimum Gasteiger partial charge on any atom is -0.506 e. The maximum atomic E-state index is 13.0. The second-order valence-electron chi connectivity index (χ2n) is 8.83. The molecule has 246 valence electrons. The number of carboxylic acids is 1. The molecular formula is C23H27Cl2N7O10S3. The van der Waals surface area contributed by atoms with Crippen LogP contribution < -0.4 is 21.5 Å². The van der Waals surface area contributed by atoms with E-state index in [1.165, 1.54) is 18.6 Å². The average Bonchev–Trinajstić information content (AvgIpc) is 3.38. The first kappa shape index (κ1) is 37.4. The van der Waals surface area contributed by atoms with Crippen LogP contribution in [0.5, 0.6) is 5.75 Å². The summed E-state index contributed by atoms with van der Waals surface area (Å²) >= 11 is 2.21. The van der Waals surface area contributed by atoms with Gasteiger partial charge in [0.05, 0.1) is 17.0 Å². The maximum absolute atomic E-state index is 13.0. The van der Waals surface area contributed by atoms with Crippen molar-refractivity contribution in [2.75, 3.05) is 42.2 Å². The van der Waals surface area contributed by atoms with E-state index >= 15 is 0 Å². The second-order valence-corrected chi connectivity index (χ2v) is 12.7. The third-order valence-corrected chi connectivity index (χ3v) is 9.28. The molecule has 0 spiro atoms. The van der Waals surface area contributed by atoms with Gasteiger partial charge in [0.15, 0.2) is 10.8 Å². The zero-order valence-corrected chi connectivity index (χ0v) is 27.1. The van der Waals surface area contributed by atoms with Crippen LogP contribution in [0.25, 0.3) is 0 Å². The number of anilines is 2. The number of nitrogens with two attached hydrogens (primary N) is 2. The number of oxime groups is 1. The molecule has 2 atom stereocenters. The van der Waals surface area contributed by atoms with Gasteiger partial charge in [0.25, 0.3) is 11.8 Å². The van der Waals surface area contributed by atoms with Gasteiger partial charge in [0.1, 0.15) is 42.3 Å². The number of amides is 2. The van der Waals surface area contributed by atoms with E-state index in [-0.39, 0.29) is 76.2 Å². The van der Waals surface area contributed by atoms with Crippen molar-refractivity contribution in [3.8, 4) is 5.75 Å². The number of carbonyl (C=O) groups is 4. The number of nitrogens with one attached hydrogen (secondary N) is 2. The summed E-state index contributed by atoms with van der Waals surface area (Å²) in [5.74, 6) is -4.76. The Hall–Kier alpha value is -3.82. The number of phenolic OH excluding ortho intramolecular Hbond substituents is 1. The quantitative estimate of drug-likeness (QED) is 0.0549. The van der Waals surface area contributed by atoms with Crippen molar-refractivity contribution in [1.29, 1.82) is 0 Å². The molecule has 3 heterocycles. The number of phenols is 1. The number of aromatic hydroxyl groups is 1. The number of hydrogen-bond acceptors (Lipinski definition) is 15. The lowest BCUT2D eigenvalue weighted by atomic mass is 10.0.